The number of aliphatic carboxylic acids is 1. The Kier molecular flexibility index (Phi) is 6.76. The van der Waals surface area contributed by atoms with Crippen molar-refractivity contribution in [2.75, 3.05) is 6.16 Å². The van der Waals surface area contributed by atoms with Crippen LogP contribution in [0.2, 0.25) is 0 Å². The van der Waals surface area contributed by atoms with Crippen LogP contribution in [0.5, 0.6) is 0 Å². The van der Waals surface area contributed by atoms with E-state index in [2.05, 4.69) is 5.73 Å². The fourth-order valence-corrected chi connectivity index (χ4v) is 1.78. The number of rotatable bonds is 8. The largest absolute Gasteiger partial charge is 0.811 e. The number of hydrogen-bond donors (Lipinski definition) is 1. The second-order valence-corrected chi connectivity index (χ2v) is 5.22. The molecule has 0 unspecified atom stereocenters. The second-order valence-electron chi connectivity index (χ2n) is 3.55. The van der Waals surface area contributed by atoms with Gasteiger partial charge in [0.2, 0.25) is 0 Å². The van der Waals surface area contributed by atoms with Gasteiger partial charge in [0.15, 0.2) is 0 Å². The molecule has 0 aromatic carbocycles. The fraction of sp³-hybridized carbons (Fsp3) is 0.875. The van der Waals surface area contributed by atoms with Crippen LogP contribution in [0.25, 0.3) is 0 Å². The van der Waals surface area contributed by atoms with E-state index in [0.717, 1.165) is 0 Å². The van der Waals surface area contributed by atoms with E-state index >= 15 is 0 Å². The quantitative estimate of drug-likeness (QED) is 0.360. The van der Waals surface area contributed by atoms with Gasteiger partial charge < -0.3 is 30.0 Å². The van der Waals surface area contributed by atoms with E-state index in [0.29, 0.717) is 32.1 Å². The smallest absolute Gasteiger partial charge is 0.124 e. The highest BCUT2D eigenvalue weighted by Crippen LogP contribution is 2.24. The van der Waals surface area contributed by atoms with Gasteiger partial charge in [-0.2, -0.15) is 0 Å². The minimum absolute atomic E-state index is 0.318. The SMILES string of the molecule is [NH3+][C@@H](CCCCCCP(=O)([O-])[O-])C(=O)[O-]. The molecule has 0 bridgehead atoms. The van der Waals surface area contributed by atoms with Gasteiger partial charge in [-0.3, -0.25) is 0 Å². The summed E-state index contributed by atoms with van der Waals surface area (Å²) in [7, 11) is -4.37. The van der Waals surface area contributed by atoms with Gasteiger partial charge in [-0.15, -0.1) is 0 Å². The molecule has 0 rings (SSSR count). The number of carbonyl (C=O) groups is 1. The Hall–Kier alpha value is -0.420. The Morgan fingerprint density at radius 2 is 1.73 bits per heavy atom. The Bertz CT molecular complexity index is 239. The van der Waals surface area contributed by atoms with E-state index in [1.54, 1.807) is 0 Å². The lowest BCUT2D eigenvalue weighted by molar-refractivity contribution is -0.438. The van der Waals surface area contributed by atoms with Crippen LogP contribution >= 0.6 is 7.60 Å². The van der Waals surface area contributed by atoms with E-state index < -0.39 is 19.6 Å². The van der Waals surface area contributed by atoms with Gasteiger partial charge in [-0.25, -0.2) is 0 Å². The summed E-state index contributed by atoms with van der Waals surface area (Å²) >= 11 is 0. The van der Waals surface area contributed by atoms with E-state index in [-0.39, 0.29) is 6.16 Å². The van der Waals surface area contributed by atoms with Gasteiger partial charge in [0.25, 0.3) is 0 Å². The number of quaternary nitrogens is 1. The van der Waals surface area contributed by atoms with E-state index in [1.165, 1.54) is 0 Å². The molecular formula is C8H16NO5P-2. The normalized spacial score (nSPS) is 13.8. The third kappa shape index (κ3) is 9.87. The molecule has 0 aromatic heterocycles. The van der Waals surface area contributed by atoms with Crippen LogP contribution in [0, 0.1) is 0 Å². The summed E-state index contributed by atoms with van der Waals surface area (Å²) in [5.41, 5.74) is 3.39. The van der Waals surface area contributed by atoms with Gasteiger partial charge in [0.1, 0.15) is 6.04 Å². The fourth-order valence-electron chi connectivity index (χ4n) is 1.17. The average Bonchev–Trinajstić information content (AvgIpc) is 2.08. The summed E-state index contributed by atoms with van der Waals surface area (Å²) in [5, 5.41) is 10.3. The molecule has 15 heavy (non-hydrogen) atoms. The third-order valence-corrected chi connectivity index (χ3v) is 2.93. The number of carboxylic acid groups (broad SMARTS) is 1. The molecule has 0 saturated carbocycles. The van der Waals surface area contributed by atoms with Crippen molar-refractivity contribution in [3.8, 4) is 0 Å². The molecule has 90 valence electrons. The predicted molar refractivity (Wildman–Crippen MR) is 47.2 cm³/mol. The number of carboxylic acids is 1. The minimum atomic E-state index is -4.37. The van der Waals surface area contributed by atoms with Crippen molar-refractivity contribution in [1.29, 1.82) is 0 Å². The van der Waals surface area contributed by atoms with Crippen molar-refractivity contribution in [1.82, 2.24) is 0 Å². The van der Waals surface area contributed by atoms with Crippen molar-refractivity contribution in [2.45, 2.75) is 38.1 Å². The van der Waals surface area contributed by atoms with Crippen LogP contribution in [0.3, 0.4) is 0 Å². The molecule has 0 aromatic rings. The molecule has 0 amide bonds. The van der Waals surface area contributed by atoms with E-state index in [9.17, 15) is 24.3 Å². The monoisotopic (exact) mass is 237 g/mol. The molecule has 0 fully saturated rings. The molecule has 0 radical (unpaired) electrons. The molecular weight excluding hydrogens is 221 g/mol. The topological polar surface area (TPSA) is 131 Å². The van der Waals surface area contributed by atoms with Gasteiger partial charge in [-0.1, -0.05) is 20.4 Å². The van der Waals surface area contributed by atoms with Crippen LogP contribution < -0.4 is 20.6 Å². The Morgan fingerprint density at radius 1 is 1.20 bits per heavy atom. The molecule has 6 nitrogen and oxygen atoms in total. The third-order valence-electron chi connectivity index (χ3n) is 2.07. The molecule has 7 heteroatoms. The highest BCUT2D eigenvalue weighted by molar-refractivity contribution is 7.48. The lowest BCUT2D eigenvalue weighted by atomic mass is 10.1. The van der Waals surface area contributed by atoms with Crippen molar-refractivity contribution >= 4 is 13.6 Å². The first-order chi connectivity index (χ1) is 6.83. The van der Waals surface area contributed by atoms with Crippen molar-refractivity contribution < 1.29 is 30.0 Å². The van der Waals surface area contributed by atoms with E-state index in [1.807, 2.05) is 0 Å². The first-order valence-corrected chi connectivity index (χ1v) is 6.61. The summed E-state index contributed by atoms with van der Waals surface area (Å²) in [5.74, 6) is -1.17. The summed E-state index contributed by atoms with van der Waals surface area (Å²) in [6, 6.07) is -0.713. The Morgan fingerprint density at radius 3 is 2.20 bits per heavy atom. The second kappa shape index (κ2) is 6.95. The van der Waals surface area contributed by atoms with Crippen molar-refractivity contribution in [3.63, 3.8) is 0 Å². The molecule has 3 N–H and O–H groups in total. The number of carbonyl (C=O) groups excluding carboxylic acids is 1. The zero-order valence-electron chi connectivity index (χ0n) is 8.52. The van der Waals surface area contributed by atoms with Crippen molar-refractivity contribution in [3.05, 3.63) is 0 Å². The van der Waals surface area contributed by atoms with Crippen LogP contribution in [0.4, 0.5) is 0 Å². The van der Waals surface area contributed by atoms with Crippen LogP contribution in [-0.4, -0.2) is 18.2 Å². The van der Waals surface area contributed by atoms with Crippen LogP contribution in [0.1, 0.15) is 32.1 Å². The molecule has 0 aliphatic heterocycles. The average molecular weight is 237 g/mol. The zero-order chi connectivity index (χ0) is 11.9. The molecule has 0 heterocycles. The maximum atomic E-state index is 10.3. The summed E-state index contributed by atoms with van der Waals surface area (Å²) in [4.78, 5) is 30.7. The highest BCUT2D eigenvalue weighted by Gasteiger charge is 2.05. The Labute approximate surface area is 88.6 Å². The first kappa shape index (κ1) is 14.6. The lowest BCUT2D eigenvalue weighted by Gasteiger charge is -2.29. The van der Waals surface area contributed by atoms with Crippen LogP contribution in [-0.2, 0) is 9.36 Å². The summed E-state index contributed by atoms with van der Waals surface area (Å²) in [6.45, 7) is 0. The van der Waals surface area contributed by atoms with E-state index in [4.69, 9.17) is 0 Å². The number of unbranched alkanes of at least 4 members (excludes halogenated alkanes) is 3. The molecule has 1 atom stereocenters. The standard InChI is InChI=1S/C8H18NO5P/c9-7(8(10)11)5-3-1-2-4-6-15(12,13)14/h7H,1-6,9H2,(H,10,11)(H2,12,13,14)/p-2/t7-/m0/s1. The van der Waals surface area contributed by atoms with Gasteiger partial charge in [0, 0.05) is 6.42 Å². The molecule has 0 spiro atoms. The van der Waals surface area contributed by atoms with Gasteiger partial charge in [-0.05, 0) is 19.0 Å². The van der Waals surface area contributed by atoms with Gasteiger partial charge in [0.05, 0.1) is 5.97 Å². The predicted octanol–water partition coefficient (Wildman–Crippen LogP) is -2.79. The highest BCUT2D eigenvalue weighted by atomic mass is 31.2. The first-order valence-electron chi connectivity index (χ1n) is 4.88. The van der Waals surface area contributed by atoms with Gasteiger partial charge >= 0.3 is 0 Å². The lowest BCUT2D eigenvalue weighted by Crippen LogP contribution is -2.68. The number of hydrogen-bond acceptors (Lipinski definition) is 5. The minimum Gasteiger partial charge on any atom is -0.811 e. The zero-order valence-corrected chi connectivity index (χ0v) is 9.41. The molecule has 0 aliphatic carbocycles. The summed E-state index contributed by atoms with van der Waals surface area (Å²) < 4.78 is 10.2. The molecule has 0 aliphatic rings. The summed E-state index contributed by atoms with van der Waals surface area (Å²) in [6.07, 6.45) is 2.44. The van der Waals surface area contributed by atoms with Crippen LogP contribution in [0.15, 0.2) is 0 Å². The Balaban J connectivity index is 3.33. The van der Waals surface area contributed by atoms with Crippen molar-refractivity contribution in [2.24, 2.45) is 0 Å². The maximum Gasteiger partial charge on any atom is 0.124 e. The molecule has 0 saturated heterocycles. The maximum absolute atomic E-state index is 10.3.